The Balaban J connectivity index is 1.64. The number of fused-ring (bicyclic) bond motifs is 1. The standard InChI is InChI=1S/C21H24N4O2S/c1-15(2)16-6-8-17(9-7-16)25(24-11-4-3-5-12-24)21(26)27-20-19-18(10-13-28-19)22-14-23-20/h6-10,13-15H,3-5,11-12H2,1-2H3. The highest BCUT2D eigenvalue weighted by Gasteiger charge is 2.27. The van der Waals surface area contributed by atoms with E-state index in [1.165, 1.54) is 29.6 Å². The SMILES string of the molecule is CC(C)c1ccc(N(C(=O)Oc2ncnc3ccsc23)N2CCCCC2)cc1. The van der Waals surface area contributed by atoms with Gasteiger partial charge in [0, 0.05) is 13.1 Å². The number of ether oxygens (including phenoxy) is 1. The first-order valence-corrected chi connectivity index (χ1v) is 10.6. The molecule has 28 heavy (non-hydrogen) atoms. The summed E-state index contributed by atoms with van der Waals surface area (Å²) in [7, 11) is 0. The molecule has 0 radical (unpaired) electrons. The summed E-state index contributed by atoms with van der Waals surface area (Å²) in [6.45, 7) is 5.98. The summed E-state index contributed by atoms with van der Waals surface area (Å²) in [5, 5.41) is 5.65. The third kappa shape index (κ3) is 3.86. The zero-order valence-electron chi connectivity index (χ0n) is 16.2. The molecule has 0 unspecified atom stereocenters. The van der Waals surface area contributed by atoms with E-state index in [0.29, 0.717) is 11.8 Å². The molecule has 146 valence electrons. The van der Waals surface area contributed by atoms with Crippen LogP contribution in [0, 0.1) is 0 Å². The molecule has 0 aliphatic carbocycles. The number of nitrogens with zero attached hydrogens (tertiary/aromatic N) is 4. The van der Waals surface area contributed by atoms with E-state index in [2.05, 4.69) is 41.0 Å². The second-order valence-corrected chi connectivity index (χ2v) is 8.17. The van der Waals surface area contributed by atoms with Gasteiger partial charge in [-0.15, -0.1) is 11.3 Å². The smallest absolute Gasteiger partial charge is 0.388 e. The maximum absolute atomic E-state index is 13.2. The van der Waals surface area contributed by atoms with Crippen LogP contribution in [-0.2, 0) is 0 Å². The van der Waals surface area contributed by atoms with Gasteiger partial charge in [0.2, 0.25) is 5.88 Å². The third-order valence-corrected chi connectivity index (χ3v) is 5.88. The zero-order chi connectivity index (χ0) is 19.5. The van der Waals surface area contributed by atoms with Crippen LogP contribution >= 0.6 is 11.3 Å². The van der Waals surface area contributed by atoms with Crippen molar-refractivity contribution in [3.63, 3.8) is 0 Å². The zero-order valence-corrected chi connectivity index (χ0v) is 17.0. The van der Waals surface area contributed by atoms with Crippen molar-refractivity contribution in [2.75, 3.05) is 18.1 Å². The quantitative estimate of drug-likeness (QED) is 0.605. The van der Waals surface area contributed by atoms with Crippen LogP contribution in [0.5, 0.6) is 5.88 Å². The molecule has 1 fully saturated rings. The number of anilines is 1. The van der Waals surface area contributed by atoms with Gasteiger partial charge in [-0.25, -0.2) is 24.8 Å². The minimum Gasteiger partial charge on any atom is -0.388 e. The number of carbonyl (C=O) groups excluding carboxylic acids is 1. The minimum atomic E-state index is -0.437. The predicted octanol–water partition coefficient (Wildman–Crippen LogP) is 5.22. The van der Waals surface area contributed by atoms with Crippen molar-refractivity contribution in [2.24, 2.45) is 0 Å². The highest BCUT2D eigenvalue weighted by molar-refractivity contribution is 7.17. The number of benzene rings is 1. The third-order valence-electron chi connectivity index (χ3n) is 4.99. The summed E-state index contributed by atoms with van der Waals surface area (Å²) < 4.78 is 6.52. The Kier molecular flexibility index (Phi) is 5.54. The lowest BCUT2D eigenvalue weighted by atomic mass is 10.0. The lowest BCUT2D eigenvalue weighted by molar-refractivity contribution is 0.161. The second kappa shape index (κ2) is 8.24. The first-order chi connectivity index (χ1) is 13.6. The van der Waals surface area contributed by atoms with Gasteiger partial charge in [0.15, 0.2) is 0 Å². The molecular formula is C21H24N4O2S. The fourth-order valence-corrected chi connectivity index (χ4v) is 4.20. The van der Waals surface area contributed by atoms with Crippen LogP contribution in [-0.4, -0.2) is 34.2 Å². The van der Waals surface area contributed by atoms with Crippen LogP contribution in [0.2, 0.25) is 0 Å². The van der Waals surface area contributed by atoms with Crippen molar-refractivity contribution in [3.05, 3.63) is 47.6 Å². The molecule has 0 atom stereocenters. The van der Waals surface area contributed by atoms with Gasteiger partial charge >= 0.3 is 6.09 Å². The summed E-state index contributed by atoms with van der Waals surface area (Å²) >= 11 is 1.47. The second-order valence-electron chi connectivity index (χ2n) is 7.25. The highest BCUT2D eigenvalue weighted by Crippen LogP contribution is 2.29. The van der Waals surface area contributed by atoms with Gasteiger partial charge in [-0.05, 0) is 47.9 Å². The van der Waals surface area contributed by atoms with Crippen molar-refractivity contribution in [3.8, 4) is 5.88 Å². The van der Waals surface area contributed by atoms with Gasteiger partial charge in [0.25, 0.3) is 0 Å². The molecule has 3 heterocycles. The Labute approximate surface area is 168 Å². The van der Waals surface area contributed by atoms with Crippen LogP contribution in [0.15, 0.2) is 42.0 Å². The predicted molar refractivity (Wildman–Crippen MR) is 112 cm³/mol. The molecule has 3 aromatic rings. The number of hydrogen-bond donors (Lipinski definition) is 0. The highest BCUT2D eigenvalue weighted by atomic mass is 32.1. The molecule has 1 aliphatic rings. The molecule has 2 aromatic heterocycles. The molecule has 0 saturated carbocycles. The topological polar surface area (TPSA) is 58.6 Å². The van der Waals surface area contributed by atoms with Gasteiger partial charge in [-0.3, -0.25) is 0 Å². The van der Waals surface area contributed by atoms with Crippen molar-refractivity contribution >= 4 is 33.3 Å². The Morgan fingerprint density at radius 1 is 1.11 bits per heavy atom. The van der Waals surface area contributed by atoms with Crippen LogP contribution in [0.4, 0.5) is 10.5 Å². The Morgan fingerprint density at radius 3 is 2.57 bits per heavy atom. The molecule has 0 N–H and O–H groups in total. The lowest BCUT2D eigenvalue weighted by Gasteiger charge is -2.36. The van der Waals surface area contributed by atoms with E-state index >= 15 is 0 Å². The maximum Gasteiger partial charge on any atom is 0.436 e. The average molecular weight is 397 g/mol. The summed E-state index contributed by atoms with van der Waals surface area (Å²) in [4.78, 5) is 21.6. The number of hydrazine groups is 1. The van der Waals surface area contributed by atoms with E-state index in [1.807, 2.05) is 23.6 Å². The molecule has 1 aliphatic heterocycles. The monoisotopic (exact) mass is 396 g/mol. The summed E-state index contributed by atoms with van der Waals surface area (Å²) in [6, 6.07) is 10.0. The van der Waals surface area contributed by atoms with Crippen molar-refractivity contribution in [1.82, 2.24) is 15.0 Å². The van der Waals surface area contributed by atoms with Gasteiger partial charge in [0.05, 0.1) is 11.2 Å². The van der Waals surface area contributed by atoms with Gasteiger partial charge in [0.1, 0.15) is 11.0 Å². The average Bonchev–Trinajstić information content (AvgIpc) is 3.19. The first kappa shape index (κ1) is 18.8. The number of thiophene rings is 1. The van der Waals surface area contributed by atoms with Crippen LogP contribution in [0.3, 0.4) is 0 Å². The van der Waals surface area contributed by atoms with Crippen LogP contribution in [0.1, 0.15) is 44.6 Å². The number of piperidine rings is 1. The maximum atomic E-state index is 13.2. The number of hydrogen-bond acceptors (Lipinski definition) is 6. The Hall–Kier alpha value is -2.51. The summed E-state index contributed by atoms with van der Waals surface area (Å²) in [6.07, 6.45) is 4.31. The van der Waals surface area contributed by atoms with Crippen LogP contribution in [0.25, 0.3) is 10.2 Å². The van der Waals surface area contributed by atoms with E-state index in [9.17, 15) is 4.79 Å². The van der Waals surface area contributed by atoms with Gasteiger partial charge in [-0.1, -0.05) is 32.4 Å². The Bertz CT molecular complexity index is 948. The molecule has 6 nitrogen and oxygen atoms in total. The Morgan fingerprint density at radius 2 is 1.86 bits per heavy atom. The van der Waals surface area contributed by atoms with Crippen molar-refractivity contribution in [2.45, 2.75) is 39.0 Å². The number of rotatable bonds is 4. The summed E-state index contributed by atoms with van der Waals surface area (Å²) in [5.74, 6) is 0.753. The minimum absolute atomic E-state index is 0.311. The number of aromatic nitrogens is 2. The van der Waals surface area contributed by atoms with E-state index < -0.39 is 6.09 Å². The molecule has 0 bridgehead atoms. The number of amides is 1. The van der Waals surface area contributed by atoms with Crippen molar-refractivity contribution in [1.29, 1.82) is 0 Å². The van der Waals surface area contributed by atoms with Gasteiger partial charge in [-0.2, -0.15) is 0 Å². The fourth-order valence-electron chi connectivity index (χ4n) is 3.43. The van der Waals surface area contributed by atoms with Crippen molar-refractivity contribution < 1.29 is 9.53 Å². The lowest BCUT2D eigenvalue weighted by Crippen LogP contribution is -2.50. The number of carbonyl (C=O) groups is 1. The van der Waals surface area contributed by atoms with E-state index in [0.717, 1.165) is 41.8 Å². The van der Waals surface area contributed by atoms with E-state index in [-0.39, 0.29) is 0 Å². The molecule has 1 saturated heterocycles. The normalized spacial score (nSPS) is 15.1. The first-order valence-electron chi connectivity index (χ1n) is 9.68. The fraction of sp³-hybridized carbons (Fsp3) is 0.381. The summed E-state index contributed by atoms with van der Waals surface area (Å²) in [5.41, 5.74) is 2.84. The largest absolute Gasteiger partial charge is 0.436 e. The van der Waals surface area contributed by atoms with Crippen LogP contribution < -0.4 is 9.75 Å². The molecular weight excluding hydrogens is 372 g/mol. The molecule has 1 aromatic carbocycles. The molecule has 4 rings (SSSR count). The van der Waals surface area contributed by atoms with E-state index in [1.54, 1.807) is 5.01 Å². The van der Waals surface area contributed by atoms with E-state index in [4.69, 9.17) is 4.74 Å². The molecule has 0 spiro atoms. The molecule has 7 heteroatoms. The van der Waals surface area contributed by atoms with Gasteiger partial charge < -0.3 is 4.74 Å². The molecule has 1 amide bonds.